The summed E-state index contributed by atoms with van der Waals surface area (Å²) in [4.78, 5) is 0.677. The van der Waals surface area contributed by atoms with E-state index >= 15 is 0 Å². The van der Waals surface area contributed by atoms with Crippen molar-refractivity contribution in [3.8, 4) is 5.75 Å². The second-order valence-corrected chi connectivity index (χ2v) is 2.91. The Morgan fingerprint density at radius 2 is 2.17 bits per heavy atom. The Balaban J connectivity index is 3.24. The van der Waals surface area contributed by atoms with Crippen LogP contribution in [0.4, 0.5) is 4.39 Å². The molecule has 1 aromatic rings. The standard InChI is InChI=1S/C9H11FOS/c1-3-6-8(12)5-4-7(11-2)9(6)10/h4-5,12H,3H2,1-2H3. The second-order valence-electron chi connectivity index (χ2n) is 2.43. The van der Waals surface area contributed by atoms with Crippen molar-refractivity contribution in [2.24, 2.45) is 0 Å². The minimum absolute atomic E-state index is 0.282. The minimum atomic E-state index is -0.299. The van der Waals surface area contributed by atoms with Crippen LogP contribution in [0.25, 0.3) is 0 Å². The van der Waals surface area contributed by atoms with E-state index in [1.54, 1.807) is 12.1 Å². The molecule has 1 nitrogen and oxygen atoms in total. The first-order valence-corrected chi connectivity index (χ1v) is 4.19. The highest BCUT2D eigenvalue weighted by molar-refractivity contribution is 7.80. The van der Waals surface area contributed by atoms with Crippen LogP contribution in [-0.4, -0.2) is 7.11 Å². The number of ether oxygens (including phenoxy) is 1. The maximum absolute atomic E-state index is 13.4. The molecule has 1 rings (SSSR count). The highest BCUT2D eigenvalue weighted by Crippen LogP contribution is 2.25. The monoisotopic (exact) mass is 186 g/mol. The maximum Gasteiger partial charge on any atom is 0.169 e. The molecule has 0 saturated heterocycles. The Morgan fingerprint density at radius 1 is 1.50 bits per heavy atom. The van der Waals surface area contributed by atoms with Crippen molar-refractivity contribution >= 4 is 12.6 Å². The molecular formula is C9H11FOS. The van der Waals surface area contributed by atoms with Crippen LogP contribution in [0.5, 0.6) is 5.75 Å². The van der Waals surface area contributed by atoms with E-state index in [0.29, 0.717) is 16.9 Å². The molecule has 0 saturated carbocycles. The van der Waals surface area contributed by atoms with Gasteiger partial charge >= 0.3 is 0 Å². The summed E-state index contributed by atoms with van der Waals surface area (Å²) >= 11 is 4.14. The smallest absolute Gasteiger partial charge is 0.169 e. The van der Waals surface area contributed by atoms with E-state index in [1.165, 1.54) is 7.11 Å². The highest BCUT2D eigenvalue weighted by atomic mass is 32.1. The number of thiol groups is 1. The quantitative estimate of drug-likeness (QED) is 0.699. The predicted octanol–water partition coefficient (Wildman–Crippen LogP) is 2.69. The van der Waals surface area contributed by atoms with Crippen LogP contribution in [0.1, 0.15) is 12.5 Å². The zero-order chi connectivity index (χ0) is 9.14. The first-order valence-electron chi connectivity index (χ1n) is 3.75. The Morgan fingerprint density at radius 3 is 2.67 bits per heavy atom. The summed E-state index contributed by atoms with van der Waals surface area (Å²) in [5, 5.41) is 0. The van der Waals surface area contributed by atoms with Crippen LogP contribution in [0, 0.1) is 5.82 Å². The molecule has 12 heavy (non-hydrogen) atoms. The minimum Gasteiger partial charge on any atom is -0.494 e. The molecule has 0 bridgehead atoms. The first-order chi connectivity index (χ1) is 5.70. The summed E-state index contributed by atoms with van der Waals surface area (Å²) in [7, 11) is 1.45. The van der Waals surface area contributed by atoms with Gasteiger partial charge in [0.05, 0.1) is 7.11 Å². The Labute approximate surface area is 77.0 Å². The largest absolute Gasteiger partial charge is 0.494 e. The molecule has 3 heteroatoms. The van der Waals surface area contributed by atoms with Crippen LogP contribution >= 0.6 is 12.6 Å². The summed E-state index contributed by atoms with van der Waals surface area (Å²) < 4.78 is 18.2. The molecule has 0 heterocycles. The van der Waals surface area contributed by atoms with Gasteiger partial charge in [-0.3, -0.25) is 0 Å². The van der Waals surface area contributed by atoms with Crippen LogP contribution < -0.4 is 4.74 Å². The van der Waals surface area contributed by atoms with Gasteiger partial charge in [-0.15, -0.1) is 12.6 Å². The third-order valence-corrected chi connectivity index (χ3v) is 2.18. The zero-order valence-corrected chi connectivity index (χ0v) is 7.99. The normalized spacial score (nSPS) is 10.0. The highest BCUT2D eigenvalue weighted by Gasteiger charge is 2.09. The molecule has 0 amide bonds. The summed E-state index contributed by atoms with van der Waals surface area (Å²) in [5.41, 5.74) is 0.609. The SMILES string of the molecule is CCc1c(S)ccc(OC)c1F. The topological polar surface area (TPSA) is 9.23 Å². The van der Waals surface area contributed by atoms with Gasteiger partial charge in [0.2, 0.25) is 0 Å². The van der Waals surface area contributed by atoms with Gasteiger partial charge in [-0.1, -0.05) is 6.92 Å². The van der Waals surface area contributed by atoms with E-state index in [4.69, 9.17) is 4.74 Å². The molecule has 0 aromatic heterocycles. The van der Waals surface area contributed by atoms with Gasteiger partial charge < -0.3 is 4.74 Å². The summed E-state index contributed by atoms with van der Waals surface area (Å²) in [6, 6.07) is 3.32. The number of benzene rings is 1. The van der Waals surface area contributed by atoms with Gasteiger partial charge in [0.1, 0.15) is 0 Å². The summed E-state index contributed by atoms with van der Waals surface area (Å²) in [5.74, 6) is -0.0165. The van der Waals surface area contributed by atoms with Gasteiger partial charge in [0.15, 0.2) is 11.6 Å². The van der Waals surface area contributed by atoms with Crippen molar-refractivity contribution in [1.82, 2.24) is 0 Å². The summed E-state index contributed by atoms with van der Waals surface area (Å²) in [6.45, 7) is 1.89. The third-order valence-electron chi connectivity index (χ3n) is 1.76. The molecule has 0 N–H and O–H groups in total. The van der Waals surface area contributed by atoms with Crippen molar-refractivity contribution < 1.29 is 9.13 Å². The lowest BCUT2D eigenvalue weighted by Gasteiger charge is -2.07. The Kier molecular flexibility index (Phi) is 2.98. The molecule has 0 radical (unpaired) electrons. The first kappa shape index (κ1) is 9.39. The molecule has 0 aliphatic carbocycles. The van der Waals surface area contributed by atoms with Crippen LogP contribution in [0.2, 0.25) is 0 Å². The molecule has 0 atom stereocenters. The van der Waals surface area contributed by atoms with Crippen molar-refractivity contribution in [2.45, 2.75) is 18.2 Å². The fourth-order valence-electron chi connectivity index (χ4n) is 1.08. The van der Waals surface area contributed by atoms with Crippen molar-refractivity contribution in [1.29, 1.82) is 0 Å². The molecular weight excluding hydrogens is 175 g/mol. The molecule has 0 unspecified atom stereocenters. The van der Waals surface area contributed by atoms with E-state index in [2.05, 4.69) is 12.6 Å². The number of methoxy groups -OCH3 is 1. The van der Waals surface area contributed by atoms with Gasteiger partial charge in [-0.25, -0.2) is 4.39 Å². The van der Waals surface area contributed by atoms with Crippen molar-refractivity contribution in [3.63, 3.8) is 0 Å². The maximum atomic E-state index is 13.4. The van der Waals surface area contributed by atoms with Gasteiger partial charge in [0, 0.05) is 10.5 Å². The van der Waals surface area contributed by atoms with E-state index in [0.717, 1.165) is 0 Å². The van der Waals surface area contributed by atoms with Crippen molar-refractivity contribution in [2.75, 3.05) is 7.11 Å². The van der Waals surface area contributed by atoms with E-state index in [1.807, 2.05) is 6.92 Å². The predicted molar refractivity (Wildman–Crippen MR) is 49.6 cm³/mol. The van der Waals surface area contributed by atoms with Crippen molar-refractivity contribution in [3.05, 3.63) is 23.5 Å². The number of rotatable bonds is 2. The van der Waals surface area contributed by atoms with Crippen LogP contribution in [0.15, 0.2) is 17.0 Å². The Hall–Kier alpha value is -0.700. The average molecular weight is 186 g/mol. The fraction of sp³-hybridized carbons (Fsp3) is 0.333. The lowest BCUT2D eigenvalue weighted by molar-refractivity contribution is 0.383. The molecule has 0 spiro atoms. The Bertz CT molecular complexity index is 286. The van der Waals surface area contributed by atoms with Gasteiger partial charge in [-0.2, -0.15) is 0 Å². The van der Waals surface area contributed by atoms with Gasteiger partial charge in [-0.05, 0) is 18.6 Å². The average Bonchev–Trinajstić information content (AvgIpc) is 2.06. The van der Waals surface area contributed by atoms with Gasteiger partial charge in [0.25, 0.3) is 0 Å². The molecule has 0 aliphatic rings. The molecule has 1 aromatic carbocycles. The lowest BCUT2D eigenvalue weighted by Crippen LogP contribution is -1.94. The second kappa shape index (κ2) is 3.81. The zero-order valence-electron chi connectivity index (χ0n) is 7.10. The molecule has 66 valence electrons. The fourth-order valence-corrected chi connectivity index (χ4v) is 1.41. The van der Waals surface area contributed by atoms with E-state index < -0.39 is 0 Å². The molecule has 0 aliphatic heterocycles. The van der Waals surface area contributed by atoms with Crippen LogP contribution in [0.3, 0.4) is 0 Å². The molecule has 0 fully saturated rings. The van der Waals surface area contributed by atoms with E-state index in [9.17, 15) is 4.39 Å². The van der Waals surface area contributed by atoms with E-state index in [-0.39, 0.29) is 11.6 Å². The summed E-state index contributed by atoms with van der Waals surface area (Å²) in [6.07, 6.45) is 0.627. The number of hydrogen-bond acceptors (Lipinski definition) is 2. The number of halogens is 1. The lowest BCUT2D eigenvalue weighted by atomic mass is 10.1. The van der Waals surface area contributed by atoms with Crippen LogP contribution in [-0.2, 0) is 6.42 Å². The number of hydrogen-bond donors (Lipinski definition) is 1. The third kappa shape index (κ3) is 1.55.